The van der Waals surface area contributed by atoms with Crippen molar-refractivity contribution in [2.24, 2.45) is 5.92 Å². The molecule has 0 saturated heterocycles. The molecule has 1 atom stereocenters. The summed E-state index contributed by atoms with van der Waals surface area (Å²) in [4.78, 5) is 3.83. The molecule has 0 bridgehead atoms. The molecule has 55 heavy (non-hydrogen) atoms. The van der Waals surface area contributed by atoms with Crippen molar-refractivity contribution in [1.29, 1.82) is 0 Å². The Morgan fingerprint density at radius 2 is 1.13 bits per heavy atom. The maximum Gasteiger partial charge on any atom is 0.0579 e. The van der Waals surface area contributed by atoms with Crippen LogP contribution in [0.5, 0.6) is 0 Å². The van der Waals surface area contributed by atoms with E-state index in [0.717, 1.165) is 24.3 Å². The average Bonchev–Trinajstić information content (AvgIpc) is 3.68. The van der Waals surface area contributed by atoms with Crippen LogP contribution in [0, 0.1) is 5.92 Å². The normalized spacial score (nSPS) is 15.5. The van der Waals surface area contributed by atoms with Gasteiger partial charge in [-0.2, -0.15) is 0 Å². The van der Waals surface area contributed by atoms with E-state index in [-0.39, 0.29) is 5.92 Å². The molecule has 7 aromatic carbocycles. The number of benzene rings is 7. The van der Waals surface area contributed by atoms with E-state index in [1.54, 1.807) is 0 Å². The van der Waals surface area contributed by atoms with Crippen LogP contribution in [0.4, 0.5) is 11.4 Å². The number of hydrogen-bond donors (Lipinski definition) is 0. The van der Waals surface area contributed by atoms with Crippen LogP contribution < -0.4 is 4.90 Å². The molecule has 11 rings (SSSR count). The standard InChI is InChI=1S/C51H39N3S/c1-34-33-38(53-47-19-9-5-15-40(47)41-16-6-10-20-48(41)53)27-30-46(34)52(35-13-3-2-4-14-35)36-23-25-37(26-24-36)54-49-21-11-7-17-42(49)44-29-28-39-43-18-8-12-22-50(43)55-32-31-45(39)51(44)54/h2-30,34H,31-33H2,1H3. The molecular formula is C51H39N3S. The predicted molar refractivity (Wildman–Crippen MR) is 235 cm³/mol. The van der Waals surface area contributed by atoms with Crippen LogP contribution in [-0.2, 0) is 6.42 Å². The van der Waals surface area contributed by atoms with E-state index < -0.39 is 0 Å². The van der Waals surface area contributed by atoms with E-state index in [1.165, 1.54) is 88.0 Å². The number of thioether (sulfide) groups is 1. The Bertz CT molecular complexity index is 2950. The molecule has 0 fully saturated rings. The second kappa shape index (κ2) is 13.0. The summed E-state index contributed by atoms with van der Waals surface area (Å²) in [7, 11) is 0. The van der Waals surface area contributed by atoms with E-state index in [2.05, 4.69) is 197 Å². The first-order chi connectivity index (χ1) is 27.2. The number of anilines is 2. The fraction of sp³-hybridized carbons (Fsp3) is 0.0980. The van der Waals surface area contributed by atoms with Crippen molar-refractivity contribution >= 4 is 72.4 Å². The molecule has 9 aromatic rings. The van der Waals surface area contributed by atoms with Crippen LogP contribution in [-0.4, -0.2) is 14.9 Å². The molecule has 0 N–H and O–H groups in total. The molecule has 264 valence electrons. The average molecular weight is 726 g/mol. The number of allylic oxidation sites excluding steroid dienone is 4. The largest absolute Gasteiger partial charge is 0.314 e. The van der Waals surface area contributed by atoms with Gasteiger partial charge in [-0.05, 0) is 102 Å². The number of nitrogens with zero attached hydrogens (tertiary/aromatic N) is 3. The molecule has 1 unspecified atom stereocenters. The zero-order valence-electron chi connectivity index (χ0n) is 30.7. The summed E-state index contributed by atoms with van der Waals surface area (Å²) in [6, 6.07) is 60.2. The van der Waals surface area contributed by atoms with Gasteiger partial charge in [0, 0.05) is 66.6 Å². The van der Waals surface area contributed by atoms with Crippen molar-refractivity contribution in [2.75, 3.05) is 10.7 Å². The third kappa shape index (κ3) is 5.12. The van der Waals surface area contributed by atoms with Crippen LogP contribution in [0.2, 0.25) is 0 Å². The highest BCUT2D eigenvalue weighted by Gasteiger charge is 2.26. The van der Waals surface area contributed by atoms with Gasteiger partial charge >= 0.3 is 0 Å². The summed E-state index contributed by atoms with van der Waals surface area (Å²) in [6.45, 7) is 2.37. The Morgan fingerprint density at radius 3 is 1.84 bits per heavy atom. The molecule has 0 saturated carbocycles. The number of para-hydroxylation sites is 4. The highest BCUT2D eigenvalue weighted by molar-refractivity contribution is 7.99. The lowest BCUT2D eigenvalue weighted by molar-refractivity contribution is 0.667. The molecule has 3 heterocycles. The minimum atomic E-state index is 0.286. The summed E-state index contributed by atoms with van der Waals surface area (Å²) in [6.07, 6.45) is 6.66. The molecular weight excluding hydrogens is 687 g/mol. The monoisotopic (exact) mass is 725 g/mol. The summed E-state index contributed by atoms with van der Waals surface area (Å²) in [5.41, 5.74) is 15.4. The SMILES string of the molecule is CC1CC(n2c3ccccc3c3ccccc32)=CC=C1N(c1ccccc1)c1ccc(-n2c3ccccc3c3ccc4c(c32)CCSc2ccccc2-4)cc1. The second-order valence-corrected chi connectivity index (χ2v) is 16.0. The van der Waals surface area contributed by atoms with E-state index in [9.17, 15) is 0 Å². The Morgan fingerprint density at radius 1 is 0.527 bits per heavy atom. The van der Waals surface area contributed by atoms with Crippen molar-refractivity contribution < 1.29 is 0 Å². The summed E-state index contributed by atoms with van der Waals surface area (Å²) in [5, 5.41) is 5.22. The number of rotatable bonds is 5. The minimum absolute atomic E-state index is 0.286. The molecule has 3 nitrogen and oxygen atoms in total. The zero-order valence-corrected chi connectivity index (χ0v) is 31.5. The Hall–Kier alpha value is -6.23. The minimum Gasteiger partial charge on any atom is -0.314 e. The third-order valence-corrected chi connectivity index (χ3v) is 12.8. The number of aromatic nitrogens is 2. The van der Waals surface area contributed by atoms with Gasteiger partial charge < -0.3 is 14.0 Å². The summed E-state index contributed by atoms with van der Waals surface area (Å²) < 4.78 is 4.99. The smallest absolute Gasteiger partial charge is 0.0579 e. The molecule has 1 aliphatic carbocycles. The van der Waals surface area contributed by atoms with Gasteiger partial charge in [-0.3, -0.25) is 0 Å². The van der Waals surface area contributed by atoms with Gasteiger partial charge in [0.1, 0.15) is 0 Å². The van der Waals surface area contributed by atoms with Crippen LogP contribution >= 0.6 is 11.8 Å². The van der Waals surface area contributed by atoms with Crippen LogP contribution in [0.15, 0.2) is 187 Å². The lowest BCUT2D eigenvalue weighted by Gasteiger charge is -2.34. The van der Waals surface area contributed by atoms with Gasteiger partial charge in [-0.1, -0.05) is 110 Å². The quantitative estimate of drug-likeness (QED) is 0.175. The van der Waals surface area contributed by atoms with Crippen molar-refractivity contribution in [1.82, 2.24) is 9.13 Å². The number of aryl methyl sites for hydroxylation is 1. The highest BCUT2D eigenvalue weighted by atomic mass is 32.2. The van der Waals surface area contributed by atoms with E-state index in [0.29, 0.717) is 0 Å². The van der Waals surface area contributed by atoms with Gasteiger partial charge in [0.15, 0.2) is 0 Å². The highest BCUT2D eigenvalue weighted by Crippen LogP contribution is 2.45. The van der Waals surface area contributed by atoms with Crippen molar-refractivity contribution in [3.8, 4) is 16.8 Å². The van der Waals surface area contributed by atoms with Crippen molar-refractivity contribution in [3.05, 3.63) is 187 Å². The van der Waals surface area contributed by atoms with Gasteiger partial charge in [-0.25, -0.2) is 0 Å². The van der Waals surface area contributed by atoms with E-state index in [4.69, 9.17) is 0 Å². The first-order valence-corrected chi connectivity index (χ1v) is 20.3. The van der Waals surface area contributed by atoms with Crippen LogP contribution in [0.25, 0.3) is 66.1 Å². The summed E-state index contributed by atoms with van der Waals surface area (Å²) >= 11 is 1.97. The Balaban J connectivity index is 1.05. The first-order valence-electron chi connectivity index (χ1n) is 19.3. The second-order valence-electron chi connectivity index (χ2n) is 14.8. The van der Waals surface area contributed by atoms with E-state index >= 15 is 0 Å². The van der Waals surface area contributed by atoms with Crippen LogP contribution in [0.3, 0.4) is 0 Å². The summed E-state index contributed by atoms with van der Waals surface area (Å²) in [5.74, 6) is 1.35. The maximum absolute atomic E-state index is 2.52. The molecule has 2 aliphatic rings. The fourth-order valence-corrected chi connectivity index (χ4v) is 10.3. The predicted octanol–water partition coefficient (Wildman–Crippen LogP) is 13.8. The Kier molecular flexibility index (Phi) is 7.60. The first kappa shape index (κ1) is 32.2. The van der Waals surface area contributed by atoms with Crippen molar-refractivity contribution in [2.45, 2.75) is 24.7 Å². The molecule has 4 heteroatoms. The molecule has 2 aromatic heterocycles. The van der Waals surface area contributed by atoms with Crippen molar-refractivity contribution in [3.63, 3.8) is 0 Å². The number of fused-ring (bicyclic) bond motifs is 10. The third-order valence-electron chi connectivity index (χ3n) is 11.7. The van der Waals surface area contributed by atoms with E-state index in [1.807, 2.05) is 11.8 Å². The topological polar surface area (TPSA) is 13.1 Å². The lowest BCUT2D eigenvalue weighted by atomic mass is 9.94. The number of hydrogen-bond acceptors (Lipinski definition) is 2. The van der Waals surface area contributed by atoms with Crippen LogP contribution in [0.1, 0.15) is 18.9 Å². The van der Waals surface area contributed by atoms with Gasteiger partial charge in [-0.15, -0.1) is 11.8 Å². The van der Waals surface area contributed by atoms with Gasteiger partial charge in [0.05, 0.1) is 22.1 Å². The fourth-order valence-electron chi connectivity index (χ4n) is 9.28. The Labute approximate surface area is 325 Å². The molecule has 0 radical (unpaired) electrons. The molecule has 0 spiro atoms. The van der Waals surface area contributed by atoms with Gasteiger partial charge in [0.2, 0.25) is 0 Å². The maximum atomic E-state index is 2.52. The molecule has 1 aliphatic heterocycles. The van der Waals surface area contributed by atoms with Gasteiger partial charge in [0.25, 0.3) is 0 Å². The lowest BCUT2D eigenvalue weighted by Crippen LogP contribution is -2.24. The zero-order chi connectivity index (χ0) is 36.5. The molecule has 0 amide bonds.